The van der Waals surface area contributed by atoms with E-state index in [9.17, 15) is 0 Å². The third-order valence-electron chi connectivity index (χ3n) is 10.8. The summed E-state index contributed by atoms with van der Waals surface area (Å²) in [5.74, 6) is 0. The Labute approximate surface area is 294 Å². The molecule has 11 aromatic rings. The van der Waals surface area contributed by atoms with E-state index in [0.717, 1.165) is 33.1 Å². The Morgan fingerprint density at radius 2 is 0.745 bits per heavy atom. The molecule has 11 rings (SSSR count). The molecule has 1 heterocycles. The summed E-state index contributed by atoms with van der Waals surface area (Å²) in [6.45, 7) is 0. The highest BCUT2D eigenvalue weighted by Crippen LogP contribution is 2.45. The largest absolute Gasteiger partial charge is 0.455 e. The van der Waals surface area contributed by atoms with Crippen LogP contribution in [0, 0.1) is 0 Å². The highest BCUT2D eigenvalue weighted by molar-refractivity contribution is 6.22. The van der Waals surface area contributed by atoms with Gasteiger partial charge in [-0.25, -0.2) is 0 Å². The molecule has 0 aliphatic rings. The average Bonchev–Trinajstić information content (AvgIpc) is 3.58. The second-order valence-electron chi connectivity index (χ2n) is 13.6. The molecule has 0 aliphatic carbocycles. The zero-order valence-corrected chi connectivity index (χ0v) is 27.7. The minimum absolute atomic E-state index is 0.921. The van der Waals surface area contributed by atoms with Crippen LogP contribution in [0.4, 0.5) is 0 Å². The van der Waals surface area contributed by atoms with Crippen molar-refractivity contribution in [2.45, 2.75) is 0 Å². The number of hydrogen-bond acceptors (Lipinski definition) is 1. The zero-order chi connectivity index (χ0) is 33.5. The lowest BCUT2D eigenvalue weighted by Gasteiger charge is -2.18. The molecular formula is C50H30O. The van der Waals surface area contributed by atoms with Crippen LogP contribution in [0.1, 0.15) is 0 Å². The van der Waals surface area contributed by atoms with Crippen molar-refractivity contribution < 1.29 is 4.42 Å². The molecule has 0 amide bonds. The average molecular weight is 647 g/mol. The summed E-state index contributed by atoms with van der Waals surface area (Å²) in [7, 11) is 0. The van der Waals surface area contributed by atoms with Crippen LogP contribution in [-0.2, 0) is 0 Å². The Hall–Kier alpha value is -6.70. The number of benzene rings is 10. The van der Waals surface area contributed by atoms with Crippen molar-refractivity contribution in [2.75, 3.05) is 0 Å². The van der Waals surface area contributed by atoms with E-state index in [1.165, 1.54) is 76.1 Å². The highest BCUT2D eigenvalue weighted by atomic mass is 16.3. The Balaban J connectivity index is 1.10. The summed E-state index contributed by atoms with van der Waals surface area (Å²) in [4.78, 5) is 0. The quantitative estimate of drug-likeness (QED) is 0.138. The molecule has 0 atom stereocenters. The molecule has 0 saturated carbocycles. The fourth-order valence-corrected chi connectivity index (χ4v) is 8.45. The lowest BCUT2D eigenvalue weighted by Crippen LogP contribution is -1.91. The second kappa shape index (κ2) is 10.9. The van der Waals surface area contributed by atoms with Crippen molar-refractivity contribution in [2.24, 2.45) is 0 Å². The maximum absolute atomic E-state index is 6.39. The molecule has 0 aliphatic heterocycles. The molecule has 1 heteroatoms. The lowest BCUT2D eigenvalue weighted by molar-refractivity contribution is 0.670. The van der Waals surface area contributed by atoms with Crippen LogP contribution in [0.3, 0.4) is 0 Å². The van der Waals surface area contributed by atoms with E-state index in [4.69, 9.17) is 4.42 Å². The van der Waals surface area contributed by atoms with Crippen molar-refractivity contribution in [3.05, 3.63) is 182 Å². The summed E-state index contributed by atoms with van der Waals surface area (Å²) in [5.41, 5.74) is 9.14. The van der Waals surface area contributed by atoms with Gasteiger partial charge in [0.1, 0.15) is 11.2 Å². The van der Waals surface area contributed by atoms with Gasteiger partial charge in [0, 0.05) is 16.3 Å². The molecule has 51 heavy (non-hydrogen) atoms. The Bertz CT molecular complexity index is 3140. The van der Waals surface area contributed by atoms with Crippen LogP contribution in [0.15, 0.2) is 186 Å². The Morgan fingerprint density at radius 1 is 0.275 bits per heavy atom. The summed E-state index contributed by atoms with van der Waals surface area (Å²) in [6.07, 6.45) is 0. The fraction of sp³-hybridized carbons (Fsp3) is 0. The normalized spacial score (nSPS) is 11.9. The molecule has 0 spiro atoms. The summed E-state index contributed by atoms with van der Waals surface area (Å²) in [5, 5.41) is 14.9. The van der Waals surface area contributed by atoms with Crippen LogP contribution < -0.4 is 0 Å². The summed E-state index contributed by atoms with van der Waals surface area (Å²) >= 11 is 0. The first-order valence-electron chi connectivity index (χ1n) is 17.6. The van der Waals surface area contributed by atoms with Crippen LogP contribution >= 0.6 is 0 Å². The number of hydrogen-bond donors (Lipinski definition) is 0. The summed E-state index contributed by atoms with van der Waals surface area (Å²) < 4.78 is 6.39. The van der Waals surface area contributed by atoms with E-state index in [1.807, 2.05) is 12.1 Å². The number of fused-ring (bicyclic) bond motifs is 9. The molecule has 10 aromatic carbocycles. The van der Waals surface area contributed by atoms with Gasteiger partial charge in [0.15, 0.2) is 0 Å². The first-order chi connectivity index (χ1) is 25.3. The Morgan fingerprint density at radius 3 is 1.43 bits per heavy atom. The molecule has 0 fully saturated rings. The molecule has 0 unspecified atom stereocenters. The molecule has 0 N–H and O–H groups in total. The molecule has 236 valence electrons. The summed E-state index contributed by atoms with van der Waals surface area (Å²) in [6, 6.07) is 66.4. The van der Waals surface area contributed by atoms with Gasteiger partial charge in [-0.2, -0.15) is 0 Å². The van der Waals surface area contributed by atoms with Crippen LogP contribution in [0.2, 0.25) is 0 Å². The number of para-hydroxylation sites is 2. The van der Waals surface area contributed by atoms with Crippen LogP contribution in [0.5, 0.6) is 0 Å². The van der Waals surface area contributed by atoms with Crippen LogP contribution in [-0.4, -0.2) is 0 Å². The van der Waals surface area contributed by atoms with Gasteiger partial charge >= 0.3 is 0 Å². The van der Waals surface area contributed by atoms with E-state index in [1.54, 1.807) is 0 Å². The van der Waals surface area contributed by atoms with E-state index in [0.29, 0.717) is 0 Å². The number of rotatable bonds is 3. The van der Waals surface area contributed by atoms with Gasteiger partial charge in [-0.3, -0.25) is 0 Å². The van der Waals surface area contributed by atoms with Gasteiger partial charge in [-0.05, 0) is 106 Å². The van der Waals surface area contributed by atoms with E-state index in [2.05, 4.69) is 170 Å². The molecule has 1 nitrogen and oxygen atoms in total. The van der Waals surface area contributed by atoms with E-state index >= 15 is 0 Å². The van der Waals surface area contributed by atoms with Gasteiger partial charge in [-0.15, -0.1) is 0 Å². The first kappa shape index (κ1) is 28.2. The van der Waals surface area contributed by atoms with E-state index in [-0.39, 0.29) is 0 Å². The maximum atomic E-state index is 6.39. The monoisotopic (exact) mass is 646 g/mol. The molecule has 0 bridgehead atoms. The fourth-order valence-electron chi connectivity index (χ4n) is 8.45. The lowest BCUT2D eigenvalue weighted by atomic mass is 9.85. The van der Waals surface area contributed by atoms with Gasteiger partial charge in [0.2, 0.25) is 0 Å². The van der Waals surface area contributed by atoms with Crippen LogP contribution in [0.25, 0.3) is 109 Å². The third-order valence-corrected chi connectivity index (χ3v) is 10.8. The molecule has 1 aromatic heterocycles. The molecule has 0 radical (unpaired) electrons. The smallest absolute Gasteiger partial charge is 0.143 e. The second-order valence-corrected chi connectivity index (χ2v) is 13.6. The highest BCUT2D eigenvalue weighted by Gasteiger charge is 2.18. The zero-order valence-electron chi connectivity index (χ0n) is 27.7. The van der Waals surface area contributed by atoms with Crippen molar-refractivity contribution >= 4 is 75.8 Å². The SMILES string of the molecule is c1ccc2c(c1)ccc1ccc(-c3c4ccccc4c(-c4ccc5cc(-c6cccc7c6oc6ccccc67)ccc5c4)c4ccccc34)cc12. The molecule has 0 saturated heterocycles. The van der Waals surface area contributed by atoms with Crippen molar-refractivity contribution in [3.63, 3.8) is 0 Å². The minimum atomic E-state index is 0.921. The standard InChI is InChI=1S/C50H30O/c1-2-11-38-31(10-1)20-21-32-22-26-37(30-46(32)38)49-43-15-5-3-13-41(43)48(42-14-4-6-16-44(42)49)36-27-24-33-28-35(25-23-34(33)29-36)39-17-9-18-45-40-12-7-8-19-47(40)51-50(39)45/h1-30H. The van der Waals surface area contributed by atoms with Gasteiger partial charge < -0.3 is 4.42 Å². The third kappa shape index (κ3) is 4.28. The first-order valence-corrected chi connectivity index (χ1v) is 17.6. The minimum Gasteiger partial charge on any atom is -0.455 e. The predicted molar refractivity (Wildman–Crippen MR) is 218 cm³/mol. The molecular weight excluding hydrogens is 617 g/mol. The van der Waals surface area contributed by atoms with Gasteiger partial charge in [0.25, 0.3) is 0 Å². The van der Waals surface area contributed by atoms with Gasteiger partial charge in [-0.1, -0.05) is 158 Å². The topological polar surface area (TPSA) is 13.1 Å². The van der Waals surface area contributed by atoms with E-state index < -0.39 is 0 Å². The van der Waals surface area contributed by atoms with Gasteiger partial charge in [0.05, 0.1) is 0 Å². The Kier molecular flexibility index (Phi) is 6.02. The maximum Gasteiger partial charge on any atom is 0.143 e. The number of furan rings is 1. The van der Waals surface area contributed by atoms with Crippen molar-refractivity contribution in [1.82, 2.24) is 0 Å². The predicted octanol–water partition coefficient (Wildman–Crippen LogP) is 14.4. The van der Waals surface area contributed by atoms with Crippen molar-refractivity contribution in [1.29, 1.82) is 0 Å². The van der Waals surface area contributed by atoms with Crippen molar-refractivity contribution in [3.8, 4) is 33.4 Å².